The number of halogens is 1. The van der Waals surface area contributed by atoms with Gasteiger partial charge in [0.25, 0.3) is 0 Å². The van der Waals surface area contributed by atoms with E-state index in [1.807, 2.05) is 18.2 Å². The van der Waals surface area contributed by atoms with Crippen molar-refractivity contribution in [3.8, 4) is 5.75 Å². The molecule has 0 heterocycles. The number of methoxy groups -OCH3 is 1. The lowest BCUT2D eigenvalue weighted by Gasteiger charge is -2.46. The molecule has 1 aromatic rings. The van der Waals surface area contributed by atoms with Crippen LogP contribution < -0.4 is 10.5 Å². The predicted molar refractivity (Wildman–Crippen MR) is 80.7 cm³/mol. The van der Waals surface area contributed by atoms with Crippen LogP contribution >= 0.6 is 11.6 Å². The normalized spacial score (nSPS) is 30.1. The second-order valence-electron chi connectivity index (χ2n) is 6.86. The number of benzene rings is 1. The van der Waals surface area contributed by atoms with E-state index in [-0.39, 0.29) is 11.0 Å². The van der Waals surface area contributed by atoms with E-state index in [4.69, 9.17) is 22.1 Å². The number of ether oxygens (including phenoxy) is 1. The van der Waals surface area contributed by atoms with Crippen LogP contribution in [0, 0.1) is 11.3 Å². The van der Waals surface area contributed by atoms with Crippen molar-refractivity contribution < 1.29 is 4.74 Å². The molecule has 106 valence electrons. The van der Waals surface area contributed by atoms with Gasteiger partial charge in [-0.25, -0.2) is 0 Å². The van der Waals surface area contributed by atoms with Gasteiger partial charge in [-0.15, -0.1) is 0 Å². The van der Waals surface area contributed by atoms with Gasteiger partial charge in [-0.2, -0.15) is 0 Å². The number of hydrogen-bond acceptors (Lipinski definition) is 2. The lowest BCUT2D eigenvalue weighted by molar-refractivity contribution is 0.105. The van der Waals surface area contributed by atoms with Crippen molar-refractivity contribution >= 4 is 11.6 Å². The first kappa shape index (κ1) is 14.7. The maximum atomic E-state index is 6.75. The molecule has 0 aliphatic heterocycles. The highest BCUT2D eigenvalue weighted by Gasteiger charge is 2.42. The Morgan fingerprint density at radius 1 is 1.32 bits per heavy atom. The van der Waals surface area contributed by atoms with Gasteiger partial charge in [0.1, 0.15) is 5.75 Å². The summed E-state index contributed by atoms with van der Waals surface area (Å²) in [6.07, 6.45) is 3.16. The molecule has 1 aliphatic carbocycles. The average molecular weight is 282 g/mol. The Morgan fingerprint density at radius 2 is 2.00 bits per heavy atom. The maximum absolute atomic E-state index is 6.75. The van der Waals surface area contributed by atoms with Crippen molar-refractivity contribution in [3.05, 3.63) is 28.8 Å². The van der Waals surface area contributed by atoms with Gasteiger partial charge in [-0.3, -0.25) is 0 Å². The third-order valence-corrected chi connectivity index (χ3v) is 4.34. The lowest BCUT2D eigenvalue weighted by atomic mass is 9.62. The van der Waals surface area contributed by atoms with Crippen molar-refractivity contribution in [1.82, 2.24) is 0 Å². The molecule has 1 saturated carbocycles. The molecule has 19 heavy (non-hydrogen) atoms. The third-order valence-electron chi connectivity index (χ3n) is 4.11. The van der Waals surface area contributed by atoms with Crippen LogP contribution in [0.25, 0.3) is 0 Å². The van der Waals surface area contributed by atoms with E-state index in [9.17, 15) is 0 Å². The summed E-state index contributed by atoms with van der Waals surface area (Å²) in [4.78, 5) is 0. The zero-order chi connectivity index (χ0) is 14.3. The van der Waals surface area contributed by atoms with E-state index < -0.39 is 0 Å². The lowest BCUT2D eigenvalue weighted by Crippen LogP contribution is -2.46. The minimum absolute atomic E-state index is 0.250. The van der Waals surface area contributed by atoms with Crippen LogP contribution in [0.5, 0.6) is 5.75 Å². The molecule has 0 radical (unpaired) electrons. The van der Waals surface area contributed by atoms with Gasteiger partial charge in [-0.05, 0) is 48.8 Å². The Balaban J connectivity index is 2.46. The monoisotopic (exact) mass is 281 g/mol. The minimum atomic E-state index is -0.350. The Morgan fingerprint density at radius 3 is 2.58 bits per heavy atom. The highest BCUT2D eigenvalue weighted by atomic mass is 35.5. The van der Waals surface area contributed by atoms with Gasteiger partial charge >= 0.3 is 0 Å². The SMILES string of the molecule is COc1ccc(Cl)cc1C1(N)CC(C)CC(C)(C)C1. The summed E-state index contributed by atoms with van der Waals surface area (Å²) in [5.74, 6) is 1.45. The van der Waals surface area contributed by atoms with Crippen molar-refractivity contribution in [2.45, 2.75) is 45.6 Å². The van der Waals surface area contributed by atoms with Crippen molar-refractivity contribution in [2.24, 2.45) is 17.1 Å². The molecule has 2 rings (SSSR count). The zero-order valence-corrected chi connectivity index (χ0v) is 13.1. The Bertz CT molecular complexity index is 472. The molecule has 2 nitrogen and oxygen atoms in total. The standard InChI is InChI=1S/C16H24ClNO/c1-11-8-15(2,3)10-16(18,9-11)13-7-12(17)5-6-14(13)19-4/h5-7,11H,8-10,18H2,1-4H3. The second kappa shape index (κ2) is 4.99. The average Bonchev–Trinajstić information content (AvgIpc) is 2.25. The quantitative estimate of drug-likeness (QED) is 0.875. The second-order valence-corrected chi connectivity index (χ2v) is 7.29. The fourth-order valence-electron chi connectivity index (χ4n) is 3.91. The summed E-state index contributed by atoms with van der Waals surface area (Å²) in [5, 5.41) is 0.719. The fraction of sp³-hybridized carbons (Fsp3) is 0.625. The molecular weight excluding hydrogens is 258 g/mol. The molecule has 1 fully saturated rings. The molecule has 0 aromatic heterocycles. The first-order valence-corrected chi connectivity index (χ1v) is 7.26. The molecule has 0 amide bonds. The summed E-state index contributed by atoms with van der Waals surface area (Å²) >= 11 is 6.15. The first-order chi connectivity index (χ1) is 8.76. The summed E-state index contributed by atoms with van der Waals surface area (Å²) in [6, 6.07) is 5.73. The van der Waals surface area contributed by atoms with Gasteiger partial charge in [0.15, 0.2) is 0 Å². The fourth-order valence-corrected chi connectivity index (χ4v) is 4.08. The smallest absolute Gasteiger partial charge is 0.124 e. The largest absolute Gasteiger partial charge is 0.496 e. The molecule has 1 aromatic carbocycles. The molecule has 3 heteroatoms. The van der Waals surface area contributed by atoms with Crippen molar-refractivity contribution in [1.29, 1.82) is 0 Å². The minimum Gasteiger partial charge on any atom is -0.496 e. The van der Waals surface area contributed by atoms with Crippen LogP contribution in [0.1, 0.15) is 45.6 Å². The topological polar surface area (TPSA) is 35.2 Å². The van der Waals surface area contributed by atoms with Crippen LogP contribution in [0.2, 0.25) is 5.02 Å². The van der Waals surface area contributed by atoms with Crippen LogP contribution in [0.4, 0.5) is 0 Å². The summed E-state index contributed by atoms with van der Waals surface area (Å²) in [5.41, 5.74) is 7.70. The zero-order valence-electron chi connectivity index (χ0n) is 12.3. The third kappa shape index (κ3) is 3.06. The summed E-state index contributed by atoms with van der Waals surface area (Å²) in [7, 11) is 1.69. The predicted octanol–water partition coefficient (Wildman–Crippen LogP) is 4.35. The molecule has 2 unspecified atom stereocenters. The van der Waals surface area contributed by atoms with Gasteiger partial charge in [-0.1, -0.05) is 32.4 Å². The number of hydrogen-bond donors (Lipinski definition) is 1. The first-order valence-electron chi connectivity index (χ1n) is 6.89. The van der Waals surface area contributed by atoms with E-state index in [1.54, 1.807) is 7.11 Å². The van der Waals surface area contributed by atoms with Gasteiger partial charge < -0.3 is 10.5 Å². The van der Waals surface area contributed by atoms with E-state index >= 15 is 0 Å². The molecule has 0 bridgehead atoms. The maximum Gasteiger partial charge on any atom is 0.124 e. The van der Waals surface area contributed by atoms with Gasteiger partial charge in [0.2, 0.25) is 0 Å². The van der Waals surface area contributed by atoms with Crippen LogP contribution in [0.15, 0.2) is 18.2 Å². The van der Waals surface area contributed by atoms with Gasteiger partial charge in [0, 0.05) is 16.1 Å². The molecule has 1 aliphatic rings. The molecule has 0 saturated heterocycles. The Kier molecular flexibility index (Phi) is 3.85. The Hall–Kier alpha value is -0.730. The van der Waals surface area contributed by atoms with Gasteiger partial charge in [0.05, 0.1) is 7.11 Å². The van der Waals surface area contributed by atoms with Crippen molar-refractivity contribution in [3.63, 3.8) is 0 Å². The highest BCUT2D eigenvalue weighted by Crippen LogP contribution is 2.49. The van der Waals surface area contributed by atoms with Crippen LogP contribution in [0.3, 0.4) is 0 Å². The molecular formula is C16H24ClNO. The van der Waals surface area contributed by atoms with E-state index in [0.717, 1.165) is 29.2 Å². The van der Waals surface area contributed by atoms with E-state index in [0.29, 0.717) is 5.92 Å². The van der Waals surface area contributed by atoms with Crippen LogP contribution in [-0.4, -0.2) is 7.11 Å². The van der Waals surface area contributed by atoms with Crippen LogP contribution in [-0.2, 0) is 5.54 Å². The summed E-state index contributed by atoms with van der Waals surface area (Å²) < 4.78 is 5.48. The molecule has 2 N–H and O–H groups in total. The summed E-state index contributed by atoms with van der Waals surface area (Å²) in [6.45, 7) is 6.86. The highest BCUT2D eigenvalue weighted by molar-refractivity contribution is 6.30. The van der Waals surface area contributed by atoms with E-state index in [2.05, 4.69) is 20.8 Å². The number of rotatable bonds is 2. The Labute approximate surface area is 121 Å². The molecule has 2 atom stereocenters. The number of nitrogens with two attached hydrogens (primary N) is 1. The molecule has 0 spiro atoms. The van der Waals surface area contributed by atoms with Crippen molar-refractivity contribution in [2.75, 3.05) is 7.11 Å². The van der Waals surface area contributed by atoms with E-state index in [1.165, 1.54) is 6.42 Å².